The van der Waals surface area contributed by atoms with Crippen molar-refractivity contribution in [1.82, 2.24) is 5.32 Å². The predicted octanol–water partition coefficient (Wildman–Crippen LogP) is 1.67. The third kappa shape index (κ3) is 5.78. The number of thioether (sulfide) groups is 1. The first kappa shape index (κ1) is 13.1. The molecule has 1 aromatic carbocycles. The van der Waals surface area contributed by atoms with E-state index in [0.717, 1.165) is 17.7 Å². The maximum atomic E-state index is 11.4. The van der Waals surface area contributed by atoms with E-state index in [-0.39, 0.29) is 12.5 Å². The fourth-order valence-corrected chi connectivity index (χ4v) is 1.93. The molecule has 88 valence electrons. The Balaban J connectivity index is 2.11. The van der Waals surface area contributed by atoms with Gasteiger partial charge in [-0.05, 0) is 25.0 Å². The summed E-state index contributed by atoms with van der Waals surface area (Å²) in [6, 6.07) is 9.86. The number of aliphatic hydroxyl groups excluding tert-OH is 1. The van der Waals surface area contributed by atoms with Crippen LogP contribution < -0.4 is 5.32 Å². The third-order valence-corrected chi connectivity index (χ3v) is 3.03. The Morgan fingerprint density at radius 1 is 1.25 bits per heavy atom. The fraction of sp³-hybridized carbons (Fsp3) is 0.417. The Labute approximate surface area is 100 Å². The van der Waals surface area contributed by atoms with E-state index in [0.29, 0.717) is 12.3 Å². The number of amides is 1. The van der Waals surface area contributed by atoms with Gasteiger partial charge in [0, 0.05) is 18.0 Å². The summed E-state index contributed by atoms with van der Waals surface area (Å²) in [4.78, 5) is 12.5. The van der Waals surface area contributed by atoms with Gasteiger partial charge in [0.15, 0.2) is 0 Å². The van der Waals surface area contributed by atoms with Crippen LogP contribution in [0.3, 0.4) is 0 Å². The van der Waals surface area contributed by atoms with Gasteiger partial charge in [-0.15, -0.1) is 11.8 Å². The summed E-state index contributed by atoms with van der Waals surface area (Å²) in [7, 11) is 0. The molecule has 0 heterocycles. The monoisotopic (exact) mass is 239 g/mol. The smallest absolute Gasteiger partial charge is 0.230 e. The molecule has 0 saturated heterocycles. The lowest BCUT2D eigenvalue weighted by Gasteiger charge is -2.04. The molecule has 0 unspecified atom stereocenters. The highest BCUT2D eigenvalue weighted by Gasteiger charge is 2.01. The SMILES string of the molecule is O=C(CSc1ccccc1)NCCCCO. The zero-order chi connectivity index (χ0) is 11.6. The molecule has 0 aromatic heterocycles. The first-order chi connectivity index (χ1) is 7.83. The molecule has 0 spiro atoms. The van der Waals surface area contributed by atoms with Crippen LogP contribution in [0, 0.1) is 0 Å². The number of aliphatic hydroxyl groups is 1. The van der Waals surface area contributed by atoms with Crippen LogP contribution in [-0.4, -0.2) is 29.9 Å². The number of carbonyl (C=O) groups excluding carboxylic acids is 1. The zero-order valence-electron chi connectivity index (χ0n) is 9.19. The summed E-state index contributed by atoms with van der Waals surface area (Å²) in [6.07, 6.45) is 1.57. The molecule has 0 radical (unpaired) electrons. The van der Waals surface area contributed by atoms with Crippen molar-refractivity contribution in [3.05, 3.63) is 30.3 Å². The standard InChI is InChI=1S/C12H17NO2S/c14-9-5-4-8-13-12(15)10-16-11-6-2-1-3-7-11/h1-3,6-7,14H,4-5,8-10H2,(H,13,15). The molecule has 4 heteroatoms. The molecular weight excluding hydrogens is 222 g/mol. The molecule has 1 aromatic rings. The van der Waals surface area contributed by atoms with E-state index in [1.54, 1.807) is 0 Å². The molecule has 1 rings (SSSR count). The Morgan fingerprint density at radius 2 is 2.00 bits per heavy atom. The molecular formula is C12H17NO2S. The summed E-state index contributed by atoms with van der Waals surface area (Å²) in [6.45, 7) is 0.837. The minimum Gasteiger partial charge on any atom is -0.396 e. The topological polar surface area (TPSA) is 49.3 Å². The van der Waals surface area contributed by atoms with E-state index >= 15 is 0 Å². The van der Waals surface area contributed by atoms with Crippen LogP contribution in [-0.2, 0) is 4.79 Å². The van der Waals surface area contributed by atoms with Gasteiger partial charge < -0.3 is 10.4 Å². The highest BCUT2D eigenvalue weighted by Crippen LogP contribution is 2.15. The maximum Gasteiger partial charge on any atom is 0.230 e. The number of unbranched alkanes of at least 4 members (excludes halogenated alkanes) is 1. The molecule has 1 amide bonds. The van der Waals surface area contributed by atoms with Crippen molar-refractivity contribution < 1.29 is 9.90 Å². The number of hydrogen-bond acceptors (Lipinski definition) is 3. The first-order valence-electron chi connectivity index (χ1n) is 5.38. The summed E-state index contributed by atoms with van der Waals surface area (Å²) in [5.41, 5.74) is 0. The lowest BCUT2D eigenvalue weighted by molar-refractivity contribution is -0.118. The van der Waals surface area contributed by atoms with Crippen LogP contribution in [0.4, 0.5) is 0 Å². The predicted molar refractivity (Wildman–Crippen MR) is 66.5 cm³/mol. The summed E-state index contributed by atoms with van der Waals surface area (Å²) >= 11 is 1.53. The normalized spacial score (nSPS) is 10.1. The highest BCUT2D eigenvalue weighted by molar-refractivity contribution is 8.00. The zero-order valence-corrected chi connectivity index (χ0v) is 10.0. The number of hydrogen-bond donors (Lipinski definition) is 2. The molecule has 0 fully saturated rings. The van der Waals surface area contributed by atoms with Crippen LogP contribution in [0.1, 0.15) is 12.8 Å². The van der Waals surface area contributed by atoms with E-state index in [1.807, 2.05) is 30.3 Å². The van der Waals surface area contributed by atoms with Gasteiger partial charge in [0.25, 0.3) is 0 Å². The van der Waals surface area contributed by atoms with Crippen molar-refractivity contribution in [3.63, 3.8) is 0 Å². The summed E-state index contributed by atoms with van der Waals surface area (Å²) < 4.78 is 0. The van der Waals surface area contributed by atoms with Crippen molar-refractivity contribution in [2.24, 2.45) is 0 Å². The fourth-order valence-electron chi connectivity index (χ4n) is 1.18. The van der Waals surface area contributed by atoms with Gasteiger partial charge in [-0.1, -0.05) is 18.2 Å². The highest BCUT2D eigenvalue weighted by atomic mass is 32.2. The summed E-state index contributed by atoms with van der Waals surface area (Å²) in [5, 5.41) is 11.4. The summed E-state index contributed by atoms with van der Waals surface area (Å²) in [5.74, 6) is 0.496. The van der Waals surface area contributed by atoms with Crippen LogP contribution >= 0.6 is 11.8 Å². The van der Waals surface area contributed by atoms with Gasteiger partial charge >= 0.3 is 0 Å². The minimum atomic E-state index is 0.0480. The molecule has 2 N–H and O–H groups in total. The van der Waals surface area contributed by atoms with Crippen molar-refractivity contribution in [2.45, 2.75) is 17.7 Å². The third-order valence-electron chi connectivity index (χ3n) is 2.02. The largest absolute Gasteiger partial charge is 0.396 e. The lowest BCUT2D eigenvalue weighted by Crippen LogP contribution is -2.26. The molecule has 0 bridgehead atoms. The average molecular weight is 239 g/mol. The van der Waals surface area contributed by atoms with Crippen LogP contribution in [0.5, 0.6) is 0 Å². The van der Waals surface area contributed by atoms with Gasteiger partial charge in [-0.3, -0.25) is 4.79 Å². The van der Waals surface area contributed by atoms with Gasteiger partial charge in [0.1, 0.15) is 0 Å². The average Bonchev–Trinajstić information content (AvgIpc) is 2.33. The van der Waals surface area contributed by atoms with E-state index < -0.39 is 0 Å². The molecule has 0 aliphatic heterocycles. The molecule has 0 aliphatic rings. The molecule has 16 heavy (non-hydrogen) atoms. The molecule has 0 atom stereocenters. The minimum absolute atomic E-state index is 0.0480. The molecule has 0 aliphatic carbocycles. The quantitative estimate of drug-likeness (QED) is 0.562. The Kier molecular flexibility index (Phi) is 6.69. The number of carbonyl (C=O) groups is 1. The lowest BCUT2D eigenvalue weighted by atomic mass is 10.3. The van der Waals surface area contributed by atoms with Gasteiger partial charge in [-0.2, -0.15) is 0 Å². The van der Waals surface area contributed by atoms with Gasteiger partial charge in [-0.25, -0.2) is 0 Å². The molecule has 0 saturated carbocycles. The molecule has 3 nitrogen and oxygen atoms in total. The van der Waals surface area contributed by atoms with E-state index in [2.05, 4.69) is 5.32 Å². The van der Waals surface area contributed by atoms with Crippen LogP contribution in [0.15, 0.2) is 35.2 Å². The van der Waals surface area contributed by atoms with Gasteiger partial charge in [0.05, 0.1) is 5.75 Å². The number of benzene rings is 1. The van der Waals surface area contributed by atoms with Crippen molar-refractivity contribution in [2.75, 3.05) is 18.9 Å². The Hall–Kier alpha value is -1.00. The number of rotatable bonds is 7. The van der Waals surface area contributed by atoms with Crippen molar-refractivity contribution in [1.29, 1.82) is 0 Å². The second-order valence-electron chi connectivity index (χ2n) is 3.38. The van der Waals surface area contributed by atoms with Crippen LogP contribution in [0.25, 0.3) is 0 Å². The van der Waals surface area contributed by atoms with Crippen molar-refractivity contribution in [3.8, 4) is 0 Å². The Morgan fingerprint density at radius 3 is 2.69 bits per heavy atom. The second-order valence-corrected chi connectivity index (χ2v) is 4.43. The first-order valence-corrected chi connectivity index (χ1v) is 6.37. The van der Waals surface area contributed by atoms with Crippen molar-refractivity contribution >= 4 is 17.7 Å². The van der Waals surface area contributed by atoms with E-state index in [9.17, 15) is 4.79 Å². The van der Waals surface area contributed by atoms with E-state index in [4.69, 9.17) is 5.11 Å². The van der Waals surface area contributed by atoms with E-state index in [1.165, 1.54) is 11.8 Å². The van der Waals surface area contributed by atoms with Crippen LogP contribution in [0.2, 0.25) is 0 Å². The second kappa shape index (κ2) is 8.19. The Bertz CT molecular complexity index is 303. The maximum absolute atomic E-state index is 11.4. The number of nitrogens with one attached hydrogen (secondary N) is 1. The van der Waals surface area contributed by atoms with Gasteiger partial charge in [0.2, 0.25) is 5.91 Å².